The van der Waals surface area contributed by atoms with Gasteiger partial charge in [0.1, 0.15) is 18.0 Å². The average molecular weight is 504 g/mol. The lowest BCUT2D eigenvalue weighted by atomic mass is 10.1. The number of carbonyl (C=O) groups is 1. The zero-order valence-electron chi connectivity index (χ0n) is 20.6. The van der Waals surface area contributed by atoms with Crippen LogP contribution in [0.4, 0.5) is 21.7 Å². The molecule has 0 spiro atoms. The zero-order chi connectivity index (χ0) is 26.0. The number of H-pyrrole nitrogens is 1. The largest absolute Gasteiger partial charge is 0.395 e. The smallest absolute Gasteiger partial charge is 0.230 e. The van der Waals surface area contributed by atoms with Crippen molar-refractivity contribution in [1.82, 2.24) is 25.1 Å². The van der Waals surface area contributed by atoms with Crippen LogP contribution in [0, 0.1) is 5.82 Å². The summed E-state index contributed by atoms with van der Waals surface area (Å²) in [4.78, 5) is 23.3. The molecule has 4 aromatic rings. The van der Waals surface area contributed by atoms with E-state index in [0.29, 0.717) is 29.6 Å². The first kappa shape index (κ1) is 25.9. The van der Waals surface area contributed by atoms with Crippen molar-refractivity contribution in [1.29, 1.82) is 0 Å². The number of aliphatic hydroxyl groups is 1. The highest BCUT2D eigenvalue weighted by molar-refractivity contribution is 5.93. The van der Waals surface area contributed by atoms with E-state index in [1.165, 1.54) is 24.5 Å². The van der Waals surface area contributed by atoms with E-state index in [9.17, 15) is 9.18 Å². The summed E-state index contributed by atoms with van der Waals surface area (Å²) >= 11 is 0. The van der Waals surface area contributed by atoms with Gasteiger partial charge in [0.05, 0.1) is 18.5 Å². The van der Waals surface area contributed by atoms with E-state index in [0.717, 1.165) is 36.0 Å². The number of aromatic nitrogens is 4. The van der Waals surface area contributed by atoms with Gasteiger partial charge in [-0.15, -0.1) is 0 Å². The van der Waals surface area contributed by atoms with Crippen LogP contribution >= 0.6 is 0 Å². The number of nitrogens with one attached hydrogen (secondary N) is 3. The molecule has 0 atom stereocenters. The number of hydrogen-bond donors (Lipinski definition) is 4. The molecule has 0 unspecified atom stereocenters. The molecule has 37 heavy (non-hydrogen) atoms. The third kappa shape index (κ3) is 7.42. The molecule has 0 saturated carbocycles. The SMILES string of the molecule is CCN(CCO)CCC=Cc1ccc2c(Nc3cc(CC(=O)Nc4cccc(F)c4)[nH]n3)ncnc2c1. The van der Waals surface area contributed by atoms with Gasteiger partial charge in [0.25, 0.3) is 0 Å². The minimum absolute atomic E-state index is 0.0570. The lowest BCUT2D eigenvalue weighted by Gasteiger charge is -2.17. The highest BCUT2D eigenvalue weighted by Gasteiger charge is 2.10. The molecular formula is C27H30FN7O2. The number of halogens is 1. The van der Waals surface area contributed by atoms with Gasteiger partial charge in [-0.25, -0.2) is 14.4 Å². The topological polar surface area (TPSA) is 119 Å². The van der Waals surface area contributed by atoms with Gasteiger partial charge in [-0.1, -0.05) is 31.2 Å². The van der Waals surface area contributed by atoms with Crippen LogP contribution in [0.15, 0.2) is 60.9 Å². The summed E-state index contributed by atoms with van der Waals surface area (Å²) in [6.07, 6.45) is 6.63. The maximum absolute atomic E-state index is 13.3. The Morgan fingerprint density at radius 1 is 1.16 bits per heavy atom. The number of aliphatic hydroxyl groups excluding tert-OH is 1. The van der Waals surface area contributed by atoms with Crippen molar-refractivity contribution in [2.75, 3.05) is 36.9 Å². The van der Waals surface area contributed by atoms with Crippen molar-refractivity contribution in [3.63, 3.8) is 0 Å². The van der Waals surface area contributed by atoms with Crippen molar-refractivity contribution in [3.8, 4) is 0 Å². The van der Waals surface area contributed by atoms with Gasteiger partial charge >= 0.3 is 0 Å². The summed E-state index contributed by atoms with van der Waals surface area (Å²) in [5, 5.41) is 22.9. The number of fused-ring (bicyclic) bond motifs is 1. The number of carbonyl (C=O) groups excluding carboxylic acids is 1. The van der Waals surface area contributed by atoms with Crippen molar-refractivity contribution >= 4 is 40.2 Å². The molecule has 0 aliphatic heterocycles. The van der Waals surface area contributed by atoms with Crippen molar-refractivity contribution < 1.29 is 14.3 Å². The maximum Gasteiger partial charge on any atom is 0.230 e. The summed E-state index contributed by atoms with van der Waals surface area (Å²) in [5.74, 6) is 0.416. The molecule has 9 nitrogen and oxygen atoms in total. The van der Waals surface area contributed by atoms with E-state index in [2.05, 4.69) is 54.8 Å². The van der Waals surface area contributed by atoms with Crippen LogP contribution in [0.2, 0.25) is 0 Å². The molecule has 192 valence electrons. The van der Waals surface area contributed by atoms with Crippen molar-refractivity contribution in [2.45, 2.75) is 19.8 Å². The third-order valence-electron chi connectivity index (χ3n) is 5.78. The standard InChI is InChI=1S/C27H30FN7O2/c1-2-35(12-13-36)11-4-3-6-19-9-10-23-24(14-19)29-18-30-27(23)32-25-16-22(33-34-25)17-26(37)31-21-8-5-7-20(28)15-21/h3,5-10,14-16,18,36H,2,4,11-13,17H2,1H3,(H,31,37)(H2,29,30,32,33,34). The molecule has 0 saturated heterocycles. The minimum Gasteiger partial charge on any atom is -0.395 e. The first-order valence-electron chi connectivity index (χ1n) is 12.2. The fourth-order valence-electron chi connectivity index (χ4n) is 3.91. The van der Waals surface area contributed by atoms with Crippen LogP contribution in [0.25, 0.3) is 17.0 Å². The Kier molecular flexibility index (Phi) is 8.90. The normalized spacial score (nSPS) is 11.5. The second-order valence-electron chi connectivity index (χ2n) is 8.49. The Morgan fingerprint density at radius 3 is 2.86 bits per heavy atom. The molecule has 1 amide bonds. The van der Waals surface area contributed by atoms with Gasteiger partial charge in [0.2, 0.25) is 5.91 Å². The third-order valence-corrected chi connectivity index (χ3v) is 5.78. The summed E-state index contributed by atoms with van der Waals surface area (Å²) in [5.41, 5.74) is 2.83. The average Bonchev–Trinajstić information content (AvgIpc) is 3.32. The van der Waals surface area contributed by atoms with E-state index in [1.807, 2.05) is 18.2 Å². The molecule has 0 aliphatic rings. The van der Waals surface area contributed by atoms with Crippen molar-refractivity contribution in [3.05, 3.63) is 78.0 Å². The van der Waals surface area contributed by atoms with Crippen LogP contribution in [0.3, 0.4) is 0 Å². The number of rotatable bonds is 12. The zero-order valence-corrected chi connectivity index (χ0v) is 20.6. The molecule has 0 bridgehead atoms. The minimum atomic E-state index is -0.413. The molecule has 0 radical (unpaired) electrons. The fourth-order valence-corrected chi connectivity index (χ4v) is 3.91. The fraction of sp³-hybridized carbons (Fsp3) is 0.259. The number of nitrogens with zero attached hydrogens (tertiary/aromatic N) is 4. The summed E-state index contributed by atoms with van der Waals surface area (Å²) < 4.78 is 13.3. The number of likely N-dealkylation sites (N-methyl/N-ethyl adjacent to an activating group) is 1. The van der Waals surface area contributed by atoms with Crippen LogP contribution < -0.4 is 10.6 Å². The van der Waals surface area contributed by atoms with Gasteiger partial charge in [0, 0.05) is 35.9 Å². The van der Waals surface area contributed by atoms with Crippen LogP contribution in [-0.2, 0) is 11.2 Å². The van der Waals surface area contributed by atoms with Crippen molar-refractivity contribution in [2.24, 2.45) is 0 Å². The number of anilines is 3. The molecule has 10 heteroatoms. The summed E-state index contributed by atoms with van der Waals surface area (Å²) in [6.45, 7) is 4.76. The van der Waals surface area contributed by atoms with Crippen LogP contribution in [0.1, 0.15) is 24.6 Å². The number of hydrogen-bond acceptors (Lipinski definition) is 7. The molecule has 0 aliphatic carbocycles. The van der Waals surface area contributed by atoms with E-state index in [-0.39, 0.29) is 18.9 Å². The number of benzene rings is 2. The van der Waals surface area contributed by atoms with Crippen LogP contribution in [0.5, 0.6) is 0 Å². The molecule has 2 aromatic carbocycles. The molecule has 4 N–H and O–H groups in total. The van der Waals surface area contributed by atoms with E-state index in [1.54, 1.807) is 12.1 Å². The maximum atomic E-state index is 13.3. The van der Waals surface area contributed by atoms with E-state index >= 15 is 0 Å². The predicted molar refractivity (Wildman–Crippen MR) is 143 cm³/mol. The molecule has 2 aromatic heterocycles. The first-order chi connectivity index (χ1) is 18.0. The Labute approximate surface area is 214 Å². The van der Waals surface area contributed by atoms with Gasteiger partial charge < -0.3 is 20.6 Å². The lowest BCUT2D eigenvalue weighted by molar-refractivity contribution is -0.115. The Morgan fingerprint density at radius 2 is 2.05 bits per heavy atom. The predicted octanol–water partition coefficient (Wildman–Crippen LogP) is 4.13. The van der Waals surface area contributed by atoms with Gasteiger partial charge in [0.15, 0.2) is 5.82 Å². The molecular weight excluding hydrogens is 473 g/mol. The highest BCUT2D eigenvalue weighted by atomic mass is 19.1. The monoisotopic (exact) mass is 503 g/mol. The second kappa shape index (κ2) is 12.7. The van der Waals surface area contributed by atoms with Crippen LogP contribution in [-0.4, -0.2) is 62.3 Å². The quantitative estimate of drug-likeness (QED) is 0.229. The molecule has 0 fully saturated rings. The summed E-state index contributed by atoms with van der Waals surface area (Å²) in [6, 6.07) is 13.4. The first-order valence-corrected chi connectivity index (χ1v) is 12.2. The Bertz CT molecular complexity index is 1370. The Hall–Kier alpha value is -4.15. The van der Waals surface area contributed by atoms with E-state index < -0.39 is 5.82 Å². The lowest BCUT2D eigenvalue weighted by Crippen LogP contribution is -2.27. The number of aromatic amines is 1. The Balaban J connectivity index is 1.37. The summed E-state index contributed by atoms with van der Waals surface area (Å²) in [7, 11) is 0. The van der Waals surface area contributed by atoms with Gasteiger partial charge in [-0.2, -0.15) is 5.10 Å². The number of amides is 1. The molecule has 2 heterocycles. The molecule has 4 rings (SSSR count). The van der Waals surface area contributed by atoms with Gasteiger partial charge in [-0.05, 0) is 48.9 Å². The second-order valence-corrected chi connectivity index (χ2v) is 8.49. The van der Waals surface area contributed by atoms with Gasteiger partial charge in [-0.3, -0.25) is 9.89 Å². The highest BCUT2D eigenvalue weighted by Crippen LogP contribution is 2.24. The van der Waals surface area contributed by atoms with E-state index in [4.69, 9.17) is 5.11 Å².